The summed E-state index contributed by atoms with van der Waals surface area (Å²) < 4.78 is 5.93. The molecule has 1 aromatic rings. The summed E-state index contributed by atoms with van der Waals surface area (Å²) in [7, 11) is 0. The lowest BCUT2D eigenvalue weighted by Crippen LogP contribution is -2.46. The summed E-state index contributed by atoms with van der Waals surface area (Å²) >= 11 is 3.78. The molecule has 1 aromatic heterocycles. The van der Waals surface area contributed by atoms with Crippen LogP contribution in [0, 0.1) is 0 Å². The van der Waals surface area contributed by atoms with Crippen LogP contribution in [-0.4, -0.2) is 41.8 Å². The van der Waals surface area contributed by atoms with Gasteiger partial charge in [0.25, 0.3) is 0 Å². The van der Waals surface area contributed by atoms with Crippen molar-refractivity contribution in [1.82, 2.24) is 10.3 Å². The maximum absolute atomic E-state index is 5.93. The minimum atomic E-state index is 0.139. The quantitative estimate of drug-likeness (QED) is 0.905. The number of aromatic nitrogens is 1. The van der Waals surface area contributed by atoms with E-state index in [1.54, 1.807) is 11.3 Å². The van der Waals surface area contributed by atoms with Crippen molar-refractivity contribution in [3.05, 3.63) is 16.1 Å². The molecule has 0 aromatic carbocycles. The molecule has 2 atom stereocenters. The zero-order valence-corrected chi connectivity index (χ0v) is 14.6. The highest BCUT2D eigenvalue weighted by Crippen LogP contribution is 2.25. The van der Waals surface area contributed by atoms with Gasteiger partial charge in [0.1, 0.15) is 0 Å². The van der Waals surface area contributed by atoms with Crippen molar-refractivity contribution >= 4 is 23.1 Å². The Bertz CT molecular complexity index is 408. The van der Waals surface area contributed by atoms with Gasteiger partial charge in [-0.25, -0.2) is 4.98 Å². The molecule has 2 unspecified atom stereocenters. The summed E-state index contributed by atoms with van der Waals surface area (Å²) in [6, 6.07) is 0.381. The molecule has 20 heavy (non-hydrogen) atoms. The summed E-state index contributed by atoms with van der Waals surface area (Å²) in [5.41, 5.74) is 1.34. The second-order valence-corrected chi connectivity index (χ2v) is 8.32. The van der Waals surface area contributed by atoms with Crippen molar-refractivity contribution in [2.75, 3.05) is 24.7 Å². The van der Waals surface area contributed by atoms with E-state index in [0.29, 0.717) is 12.1 Å². The van der Waals surface area contributed by atoms with Crippen LogP contribution < -0.4 is 5.32 Å². The molecule has 5 heteroatoms. The van der Waals surface area contributed by atoms with Crippen molar-refractivity contribution in [3.63, 3.8) is 0 Å². The van der Waals surface area contributed by atoms with E-state index in [1.165, 1.54) is 10.7 Å². The first-order valence-electron chi connectivity index (χ1n) is 7.38. The maximum atomic E-state index is 5.93. The van der Waals surface area contributed by atoms with Crippen molar-refractivity contribution in [3.8, 4) is 0 Å². The second kappa shape index (κ2) is 7.25. The summed E-state index contributed by atoms with van der Waals surface area (Å²) in [6.07, 6.45) is 1.29. The van der Waals surface area contributed by atoms with E-state index in [1.807, 2.05) is 11.8 Å². The Morgan fingerprint density at radius 3 is 2.85 bits per heavy atom. The summed E-state index contributed by atoms with van der Waals surface area (Å²) in [4.78, 5) is 4.81. The number of hydrogen-bond donors (Lipinski definition) is 1. The zero-order chi connectivity index (χ0) is 14.6. The van der Waals surface area contributed by atoms with Crippen molar-refractivity contribution in [2.24, 2.45) is 0 Å². The molecule has 0 amide bonds. The van der Waals surface area contributed by atoms with E-state index >= 15 is 0 Å². The van der Waals surface area contributed by atoms with Gasteiger partial charge in [-0.15, -0.1) is 11.3 Å². The minimum absolute atomic E-state index is 0.139. The normalized spacial score (nSPS) is 21.9. The molecule has 2 rings (SSSR count). The molecular weight excluding hydrogens is 288 g/mol. The van der Waals surface area contributed by atoms with Crippen LogP contribution in [0.15, 0.2) is 5.38 Å². The molecule has 0 radical (unpaired) electrons. The number of hydrogen-bond acceptors (Lipinski definition) is 5. The predicted molar refractivity (Wildman–Crippen MR) is 89.0 cm³/mol. The molecular formula is C15H26N2OS2. The highest BCUT2D eigenvalue weighted by atomic mass is 32.2. The lowest BCUT2D eigenvalue weighted by atomic mass is 9.93. The van der Waals surface area contributed by atoms with Crippen LogP contribution in [0.4, 0.5) is 0 Å². The fourth-order valence-corrected chi connectivity index (χ4v) is 4.30. The van der Waals surface area contributed by atoms with Crippen LogP contribution in [-0.2, 0) is 16.6 Å². The Hall–Kier alpha value is -0.100. The number of thiazole rings is 1. The lowest BCUT2D eigenvalue weighted by Gasteiger charge is -2.30. The van der Waals surface area contributed by atoms with Crippen LogP contribution in [0.3, 0.4) is 0 Å². The Labute approximate surface area is 130 Å². The van der Waals surface area contributed by atoms with Gasteiger partial charge >= 0.3 is 0 Å². The molecule has 0 saturated carbocycles. The fourth-order valence-electron chi connectivity index (χ4n) is 2.27. The van der Waals surface area contributed by atoms with E-state index in [4.69, 9.17) is 9.72 Å². The molecule has 0 spiro atoms. The molecule has 1 aliphatic heterocycles. The van der Waals surface area contributed by atoms with E-state index in [9.17, 15) is 0 Å². The molecule has 2 heterocycles. The Kier molecular flexibility index (Phi) is 5.90. The first-order valence-corrected chi connectivity index (χ1v) is 9.41. The first-order chi connectivity index (χ1) is 9.50. The topological polar surface area (TPSA) is 34.2 Å². The van der Waals surface area contributed by atoms with Crippen LogP contribution in [0.1, 0.15) is 38.4 Å². The SMILES string of the molecule is CCNC(Cc1nc(C(C)(C)C)cs1)C1CSCCO1. The van der Waals surface area contributed by atoms with Gasteiger partial charge in [-0.05, 0) is 6.54 Å². The fraction of sp³-hybridized carbons (Fsp3) is 0.800. The van der Waals surface area contributed by atoms with Gasteiger partial charge in [0.05, 0.1) is 23.4 Å². The van der Waals surface area contributed by atoms with Gasteiger partial charge in [0, 0.05) is 34.8 Å². The summed E-state index contributed by atoms with van der Waals surface area (Å²) in [5.74, 6) is 2.22. The summed E-state index contributed by atoms with van der Waals surface area (Å²) in [5, 5.41) is 7.00. The first kappa shape index (κ1) is 16.3. The average molecular weight is 315 g/mol. The van der Waals surface area contributed by atoms with Gasteiger partial charge in [0.15, 0.2) is 0 Å². The van der Waals surface area contributed by atoms with E-state index in [2.05, 4.69) is 38.4 Å². The van der Waals surface area contributed by atoms with E-state index in [0.717, 1.165) is 31.1 Å². The average Bonchev–Trinajstić information content (AvgIpc) is 2.88. The van der Waals surface area contributed by atoms with Crippen molar-refractivity contribution < 1.29 is 4.74 Å². The molecule has 0 aliphatic carbocycles. The van der Waals surface area contributed by atoms with Gasteiger partial charge in [-0.3, -0.25) is 0 Å². The zero-order valence-electron chi connectivity index (χ0n) is 12.9. The molecule has 1 saturated heterocycles. The number of nitrogens with zero attached hydrogens (tertiary/aromatic N) is 1. The summed E-state index contributed by atoms with van der Waals surface area (Å²) in [6.45, 7) is 10.7. The van der Waals surface area contributed by atoms with Crippen LogP contribution in [0.5, 0.6) is 0 Å². The molecule has 1 N–H and O–H groups in total. The monoisotopic (exact) mass is 314 g/mol. The third kappa shape index (κ3) is 4.45. The number of nitrogens with one attached hydrogen (secondary N) is 1. The van der Waals surface area contributed by atoms with E-state index in [-0.39, 0.29) is 5.41 Å². The lowest BCUT2D eigenvalue weighted by molar-refractivity contribution is 0.0476. The standard InChI is InChI=1S/C15H26N2OS2/c1-5-16-11(12-9-19-7-6-18-12)8-14-17-13(10-20-14)15(2,3)4/h10-12,16H,5-9H2,1-4H3. The largest absolute Gasteiger partial charge is 0.375 e. The van der Waals surface area contributed by atoms with Crippen molar-refractivity contribution in [2.45, 2.75) is 51.7 Å². The Morgan fingerprint density at radius 1 is 1.50 bits per heavy atom. The molecule has 1 aliphatic rings. The maximum Gasteiger partial charge on any atom is 0.0945 e. The highest BCUT2D eigenvalue weighted by molar-refractivity contribution is 7.99. The second-order valence-electron chi connectivity index (χ2n) is 6.23. The third-order valence-electron chi connectivity index (χ3n) is 3.47. The highest BCUT2D eigenvalue weighted by Gasteiger charge is 2.26. The van der Waals surface area contributed by atoms with Gasteiger partial charge in [-0.2, -0.15) is 11.8 Å². The van der Waals surface area contributed by atoms with Crippen LogP contribution in [0.2, 0.25) is 0 Å². The smallest absolute Gasteiger partial charge is 0.0945 e. The van der Waals surface area contributed by atoms with Gasteiger partial charge < -0.3 is 10.1 Å². The number of ether oxygens (including phenoxy) is 1. The van der Waals surface area contributed by atoms with Crippen LogP contribution >= 0.6 is 23.1 Å². The number of thioether (sulfide) groups is 1. The van der Waals surface area contributed by atoms with E-state index < -0.39 is 0 Å². The molecule has 1 fully saturated rings. The third-order valence-corrected chi connectivity index (χ3v) is 5.36. The Morgan fingerprint density at radius 2 is 2.30 bits per heavy atom. The molecule has 114 valence electrons. The van der Waals surface area contributed by atoms with Gasteiger partial charge in [-0.1, -0.05) is 27.7 Å². The minimum Gasteiger partial charge on any atom is -0.375 e. The number of rotatable bonds is 5. The Balaban J connectivity index is 2.01. The number of likely N-dealkylation sites (N-methyl/N-ethyl adjacent to an activating group) is 1. The molecule has 0 bridgehead atoms. The molecule has 3 nitrogen and oxygen atoms in total. The van der Waals surface area contributed by atoms with Crippen molar-refractivity contribution in [1.29, 1.82) is 0 Å². The van der Waals surface area contributed by atoms with Crippen LogP contribution in [0.25, 0.3) is 0 Å². The predicted octanol–water partition coefficient (Wildman–Crippen LogP) is 3.09. The van der Waals surface area contributed by atoms with Gasteiger partial charge in [0.2, 0.25) is 0 Å².